The molecule has 2 N–H and O–H groups in total. The van der Waals surface area contributed by atoms with Crippen molar-refractivity contribution in [2.75, 3.05) is 0 Å². The zero-order valence-corrected chi connectivity index (χ0v) is 14.4. The molecule has 1 amide bonds. The van der Waals surface area contributed by atoms with Crippen molar-refractivity contribution in [3.8, 4) is 0 Å². The second kappa shape index (κ2) is 6.88. The summed E-state index contributed by atoms with van der Waals surface area (Å²) in [5, 5.41) is 7.23. The van der Waals surface area contributed by atoms with Crippen LogP contribution in [0.4, 0.5) is 4.79 Å². The predicted octanol–water partition coefficient (Wildman–Crippen LogP) is 4.05. The van der Waals surface area contributed by atoms with Gasteiger partial charge in [-0.25, -0.2) is 4.79 Å². The van der Waals surface area contributed by atoms with E-state index in [-0.39, 0.29) is 18.2 Å². The maximum atomic E-state index is 11.7. The van der Waals surface area contributed by atoms with Gasteiger partial charge in [0.15, 0.2) is 0 Å². The van der Waals surface area contributed by atoms with Crippen LogP contribution in [0.2, 0.25) is 5.02 Å². The molecule has 5 heteroatoms. The number of hydrogen-bond acceptors (Lipinski definition) is 3. The van der Waals surface area contributed by atoms with Gasteiger partial charge < -0.3 is 15.4 Å². The van der Waals surface area contributed by atoms with Crippen molar-refractivity contribution < 1.29 is 9.53 Å². The summed E-state index contributed by atoms with van der Waals surface area (Å²) in [6, 6.07) is 8.64. The second-order valence-corrected chi connectivity index (χ2v) is 7.33. The summed E-state index contributed by atoms with van der Waals surface area (Å²) < 4.78 is 5.26. The molecule has 0 bridgehead atoms. The minimum Gasteiger partial charge on any atom is -0.444 e. The van der Waals surface area contributed by atoms with Gasteiger partial charge in [-0.2, -0.15) is 0 Å². The summed E-state index contributed by atoms with van der Waals surface area (Å²) in [4.78, 5) is 11.7. The van der Waals surface area contributed by atoms with Crippen molar-refractivity contribution in [1.29, 1.82) is 0 Å². The molecule has 22 heavy (non-hydrogen) atoms. The predicted molar refractivity (Wildman–Crippen MR) is 89.2 cm³/mol. The Bertz CT molecular complexity index is 522. The maximum absolute atomic E-state index is 11.7. The van der Waals surface area contributed by atoms with Gasteiger partial charge in [0.2, 0.25) is 0 Å². The number of alkyl carbamates (subject to hydrolysis) is 1. The first-order valence-electron chi connectivity index (χ1n) is 7.74. The molecule has 1 saturated carbocycles. The quantitative estimate of drug-likeness (QED) is 0.878. The second-order valence-electron chi connectivity index (χ2n) is 6.92. The van der Waals surface area contributed by atoms with Gasteiger partial charge in [0, 0.05) is 23.1 Å². The number of ether oxygens (including phenoxy) is 1. The Labute approximate surface area is 137 Å². The summed E-state index contributed by atoms with van der Waals surface area (Å²) in [6.07, 6.45) is 1.48. The molecule has 0 saturated heterocycles. The van der Waals surface area contributed by atoms with E-state index in [1.165, 1.54) is 0 Å². The van der Waals surface area contributed by atoms with Gasteiger partial charge >= 0.3 is 6.09 Å². The average Bonchev–Trinajstić information content (AvgIpc) is 2.34. The third-order valence-electron chi connectivity index (χ3n) is 3.72. The Balaban J connectivity index is 1.73. The van der Waals surface area contributed by atoms with Gasteiger partial charge in [-0.05, 0) is 52.2 Å². The molecule has 4 nitrogen and oxygen atoms in total. The molecule has 1 aliphatic carbocycles. The topological polar surface area (TPSA) is 50.4 Å². The smallest absolute Gasteiger partial charge is 0.407 e. The van der Waals surface area contributed by atoms with Crippen LogP contribution in [0.3, 0.4) is 0 Å². The lowest BCUT2D eigenvalue weighted by Gasteiger charge is -2.38. The van der Waals surface area contributed by atoms with Crippen molar-refractivity contribution in [2.45, 2.75) is 64.3 Å². The van der Waals surface area contributed by atoms with Gasteiger partial charge in [0.25, 0.3) is 0 Å². The Kier molecular flexibility index (Phi) is 5.35. The Morgan fingerprint density at radius 1 is 1.27 bits per heavy atom. The molecule has 1 atom stereocenters. The van der Waals surface area contributed by atoms with Crippen LogP contribution in [0.5, 0.6) is 0 Å². The van der Waals surface area contributed by atoms with E-state index in [9.17, 15) is 4.79 Å². The number of halogens is 1. The number of amides is 1. The zero-order chi connectivity index (χ0) is 16.3. The number of nitrogens with one attached hydrogen (secondary N) is 2. The normalized spacial score (nSPS) is 22.6. The lowest BCUT2D eigenvalue weighted by molar-refractivity contribution is 0.0463. The van der Waals surface area contributed by atoms with Crippen LogP contribution in [-0.4, -0.2) is 23.8 Å². The molecule has 1 aliphatic rings. The van der Waals surface area contributed by atoms with E-state index >= 15 is 0 Å². The van der Waals surface area contributed by atoms with Gasteiger partial charge in [0.1, 0.15) is 5.60 Å². The largest absolute Gasteiger partial charge is 0.444 e. The van der Waals surface area contributed by atoms with Gasteiger partial charge in [-0.1, -0.05) is 29.8 Å². The Morgan fingerprint density at radius 2 is 1.91 bits per heavy atom. The molecule has 1 aromatic rings. The highest BCUT2D eigenvalue weighted by Gasteiger charge is 2.32. The number of benzene rings is 1. The van der Waals surface area contributed by atoms with Crippen LogP contribution < -0.4 is 10.6 Å². The molecule has 0 aromatic heterocycles. The molecule has 0 radical (unpaired) electrons. The van der Waals surface area contributed by atoms with Crippen LogP contribution in [0, 0.1) is 0 Å². The van der Waals surface area contributed by atoms with Crippen LogP contribution in [0.15, 0.2) is 24.3 Å². The highest BCUT2D eigenvalue weighted by molar-refractivity contribution is 6.31. The van der Waals surface area contributed by atoms with Crippen LogP contribution in [-0.2, 0) is 4.74 Å². The number of rotatable bonds is 4. The highest BCUT2D eigenvalue weighted by Crippen LogP contribution is 2.27. The average molecular weight is 325 g/mol. The van der Waals surface area contributed by atoms with E-state index in [0.29, 0.717) is 6.04 Å². The van der Waals surface area contributed by atoms with Crippen molar-refractivity contribution in [3.63, 3.8) is 0 Å². The summed E-state index contributed by atoms with van der Waals surface area (Å²) in [5.74, 6) is 0. The Hall–Kier alpha value is -1.26. The van der Waals surface area contributed by atoms with E-state index in [1.807, 2.05) is 45.0 Å². The van der Waals surface area contributed by atoms with Crippen LogP contribution >= 0.6 is 11.6 Å². The number of carbonyl (C=O) groups is 1. The maximum Gasteiger partial charge on any atom is 0.407 e. The summed E-state index contributed by atoms with van der Waals surface area (Å²) in [6.45, 7) is 7.70. The molecule has 1 unspecified atom stereocenters. The lowest BCUT2D eigenvalue weighted by atomic mass is 9.86. The highest BCUT2D eigenvalue weighted by atomic mass is 35.5. The first kappa shape index (κ1) is 17.1. The van der Waals surface area contributed by atoms with Crippen molar-refractivity contribution in [1.82, 2.24) is 10.6 Å². The molecule has 0 spiro atoms. The third-order valence-corrected chi connectivity index (χ3v) is 4.06. The molecule has 0 heterocycles. The molecule has 0 aliphatic heterocycles. The Morgan fingerprint density at radius 3 is 2.50 bits per heavy atom. The first-order valence-corrected chi connectivity index (χ1v) is 8.12. The zero-order valence-electron chi connectivity index (χ0n) is 13.7. The lowest BCUT2D eigenvalue weighted by Crippen LogP contribution is -2.53. The molecule has 1 fully saturated rings. The SMILES string of the molecule is CC(NC1CC(NC(=O)OC(C)(C)C)C1)c1ccccc1Cl. The van der Waals surface area contributed by atoms with Crippen LogP contribution in [0.1, 0.15) is 52.1 Å². The molecular formula is C17H25ClN2O2. The summed E-state index contributed by atoms with van der Waals surface area (Å²) >= 11 is 6.21. The standard InChI is InChI=1S/C17H25ClN2O2/c1-11(14-7-5-6-8-15(14)18)19-12-9-13(10-12)20-16(21)22-17(2,3)4/h5-8,11-13,19H,9-10H2,1-4H3,(H,20,21). The summed E-state index contributed by atoms with van der Waals surface area (Å²) in [5.41, 5.74) is 0.650. The minimum atomic E-state index is -0.454. The number of hydrogen-bond donors (Lipinski definition) is 2. The van der Waals surface area contributed by atoms with E-state index in [1.54, 1.807) is 0 Å². The van der Waals surface area contributed by atoms with Gasteiger partial charge in [-0.15, -0.1) is 0 Å². The van der Waals surface area contributed by atoms with Crippen LogP contribution in [0.25, 0.3) is 0 Å². The monoisotopic (exact) mass is 324 g/mol. The summed E-state index contributed by atoms with van der Waals surface area (Å²) in [7, 11) is 0. The fourth-order valence-corrected chi connectivity index (χ4v) is 2.92. The van der Waals surface area contributed by atoms with E-state index in [0.717, 1.165) is 23.4 Å². The first-order chi connectivity index (χ1) is 10.2. The number of carbonyl (C=O) groups excluding carboxylic acids is 1. The molecule has 122 valence electrons. The van der Waals surface area contributed by atoms with E-state index < -0.39 is 5.60 Å². The minimum absolute atomic E-state index is 0.186. The van der Waals surface area contributed by atoms with Gasteiger partial charge in [-0.3, -0.25) is 0 Å². The fourth-order valence-electron chi connectivity index (χ4n) is 2.62. The van der Waals surface area contributed by atoms with Crippen molar-refractivity contribution in [3.05, 3.63) is 34.9 Å². The molecule has 1 aromatic carbocycles. The van der Waals surface area contributed by atoms with E-state index in [4.69, 9.17) is 16.3 Å². The van der Waals surface area contributed by atoms with Crippen molar-refractivity contribution in [2.24, 2.45) is 0 Å². The molecular weight excluding hydrogens is 300 g/mol. The molecule has 2 rings (SSSR count). The third kappa shape index (κ3) is 4.89. The van der Waals surface area contributed by atoms with Crippen molar-refractivity contribution >= 4 is 17.7 Å². The van der Waals surface area contributed by atoms with Gasteiger partial charge in [0.05, 0.1) is 0 Å². The van der Waals surface area contributed by atoms with E-state index in [2.05, 4.69) is 17.6 Å². The fraction of sp³-hybridized carbons (Fsp3) is 0.588.